The van der Waals surface area contributed by atoms with Crippen LogP contribution in [0.15, 0.2) is 4.52 Å². The molecular weight excluding hydrogens is 262 g/mol. The summed E-state index contributed by atoms with van der Waals surface area (Å²) in [5.74, 6) is 2.25. The van der Waals surface area contributed by atoms with Gasteiger partial charge in [-0.25, -0.2) is 0 Å². The Morgan fingerprint density at radius 2 is 2.21 bits per heavy atom. The summed E-state index contributed by atoms with van der Waals surface area (Å²) < 4.78 is 10.4. The van der Waals surface area contributed by atoms with Crippen LogP contribution in [0.5, 0.6) is 0 Å². The van der Waals surface area contributed by atoms with Gasteiger partial charge in [0.25, 0.3) is 0 Å². The first-order valence-electron chi connectivity index (χ1n) is 6.97. The zero-order valence-electron chi connectivity index (χ0n) is 11.5. The molecule has 0 spiro atoms. The summed E-state index contributed by atoms with van der Waals surface area (Å²) in [7, 11) is 1.65. The average molecular weight is 285 g/mol. The van der Waals surface area contributed by atoms with E-state index in [1.807, 2.05) is 11.8 Å². The zero-order valence-corrected chi connectivity index (χ0v) is 12.3. The lowest BCUT2D eigenvalue weighted by Crippen LogP contribution is -2.24. The Balaban J connectivity index is 1.76. The van der Waals surface area contributed by atoms with E-state index in [0.29, 0.717) is 18.9 Å². The van der Waals surface area contributed by atoms with E-state index in [4.69, 9.17) is 15.0 Å². The summed E-state index contributed by atoms with van der Waals surface area (Å²) in [6.45, 7) is 0.463. The number of hydrogen-bond donors (Lipinski definition) is 1. The summed E-state index contributed by atoms with van der Waals surface area (Å²) in [6.07, 6.45) is 7.32. The van der Waals surface area contributed by atoms with Crippen molar-refractivity contribution in [3.8, 4) is 0 Å². The largest absolute Gasteiger partial charge is 0.380 e. The molecule has 1 saturated carbocycles. The molecule has 0 saturated heterocycles. The fraction of sp³-hybridized carbons (Fsp3) is 0.846. The molecule has 2 N–H and O–H groups in total. The Labute approximate surface area is 118 Å². The number of rotatable bonds is 7. The Hall–Kier alpha value is -0.590. The van der Waals surface area contributed by atoms with Crippen molar-refractivity contribution in [1.82, 2.24) is 10.1 Å². The van der Waals surface area contributed by atoms with E-state index in [2.05, 4.69) is 10.1 Å². The van der Waals surface area contributed by atoms with Gasteiger partial charge in [0.05, 0.1) is 18.3 Å². The molecule has 2 rings (SSSR count). The van der Waals surface area contributed by atoms with Gasteiger partial charge in [-0.3, -0.25) is 0 Å². The molecule has 1 aliphatic rings. The van der Waals surface area contributed by atoms with Crippen molar-refractivity contribution in [1.29, 1.82) is 0 Å². The van der Waals surface area contributed by atoms with E-state index < -0.39 is 0 Å². The summed E-state index contributed by atoms with van der Waals surface area (Å²) in [4.78, 5) is 4.40. The highest BCUT2D eigenvalue weighted by Gasteiger charge is 2.16. The molecule has 0 bridgehead atoms. The molecule has 0 aromatic carbocycles. The number of hydrogen-bond acceptors (Lipinski definition) is 6. The Morgan fingerprint density at radius 1 is 1.42 bits per heavy atom. The maximum atomic E-state index is 5.58. The minimum Gasteiger partial charge on any atom is -0.380 e. The Morgan fingerprint density at radius 3 is 2.89 bits per heavy atom. The molecule has 1 fully saturated rings. The minimum absolute atomic E-state index is 0.0423. The van der Waals surface area contributed by atoms with Gasteiger partial charge in [-0.2, -0.15) is 16.7 Å². The van der Waals surface area contributed by atoms with Crippen LogP contribution in [0.2, 0.25) is 0 Å². The van der Waals surface area contributed by atoms with Crippen molar-refractivity contribution in [2.45, 2.75) is 55.6 Å². The highest BCUT2D eigenvalue weighted by Crippen LogP contribution is 2.29. The quantitative estimate of drug-likeness (QED) is 0.827. The van der Waals surface area contributed by atoms with Crippen molar-refractivity contribution < 1.29 is 9.26 Å². The average Bonchev–Trinajstić information content (AvgIpc) is 2.91. The van der Waals surface area contributed by atoms with Crippen LogP contribution in [0.25, 0.3) is 0 Å². The maximum Gasteiger partial charge on any atom is 0.229 e. The van der Waals surface area contributed by atoms with Crippen molar-refractivity contribution >= 4 is 11.8 Å². The molecule has 5 nitrogen and oxygen atoms in total. The van der Waals surface area contributed by atoms with E-state index in [0.717, 1.165) is 16.8 Å². The Bertz CT molecular complexity index is 363. The van der Waals surface area contributed by atoms with Crippen LogP contribution in [-0.4, -0.2) is 35.1 Å². The van der Waals surface area contributed by atoms with Crippen LogP contribution < -0.4 is 5.73 Å². The lowest BCUT2D eigenvalue weighted by molar-refractivity contribution is 0.102. The summed E-state index contributed by atoms with van der Waals surface area (Å²) >= 11 is 1.95. The van der Waals surface area contributed by atoms with Crippen molar-refractivity contribution in [3.63, 3.8) is 0 Å². The van der Waals surface area contributed by atoms with Crippen LogP contribution in [0.4, 0.5) is 0 Å². The number of nitrogens with two attached hydrogens (primary N) is 1. The second-order valence-corrected chi connectivity index (χ2v) is 6.26. The number of aromatic nitrogens is 2. The van der Waals surface area contributed by atoms with Crippen LogP contribution in [0, 0.1) is 0 Å². The van der Waals surface area contributed by atoms with Crippen LogP contribution >= 0.6 is 11.8 Å². The molecular formula is C13H23N3O2S. The topological polar surface area (TPSA) is 74.2 Å². The fourth-order valence-corrected chi connectivity index (χ4v) is 3.48. The van der Waals surface area contributed by atoms with Crippen molar-refractivity contribution in [2.75, 3.05) is 13.7 Å². The lowest BCUT2D eigenvalue weighted by atomic mass is 10.0. The lowest BCUT2D eigenvalue weighted by Gasteiger charge is -2.19. The van der Waals surface area contributed by atoms with E-state index >= 15 is 0 Å². The van der Waals surface area contributed by atoms with Gasteiger partial charge >= 0.3 is 0 Å². The third-order valence-electron chi connectivity index (χ3n) is 3.51. The van der Waals surface area contributed by atoms with E-state index in [1.165, 1.54) is 32.1 Å². The summed E-state index contributed by atoms with van der Waals surface area (Å²) in [6, 6.07) is 0. The van der Waals surface area contributed by atoms with E-state index in [1.54, 1.807) is 7.11 Å². The highest BCUT2D eigenvalue weighted by atomic mass is 32.2. The normalized spacial score (nSPS) is 18.6. The van der Waals surface area contributed by atoms with Crippen molar-refractivity contribution in [3.05, 3.63) is 11.7 Å². The second kappa shape index (κ2) is 7.87. The van der Waals surface area contributed by atoms with Gasteiger partial charge in [0, 0.05) is 18.9 Å². The molecule has 19 heavy (non-hydrogen) atoms. The van der Waals surface area contributed by atoms with Gasteiger partial charge in [0.2, 0.25) is 5.89 Å². The van der Waals surface area contributed by atoms with Gasteiger partial charge in [-0.15, -0.1) is 0 Å². The third kappa shape index (κ3) is 4.78. The molecule has 1 aromatic rings. The monoisotopic (exact) mass is 285 g/mol. The van der Waals surface area contributed by atoms with Crippen LogP contribution in [-0.2, 0) is 16.9 Å². The number of methoxy groups -OCH3 is 1. The Kier molecular flexibility index (Phi) is 6.13. The molecule has 6 heteroatoms. The second-order valence-electron chi connectivity index (χ2n) is 4.97. The SMILES string of the molecule is COC(CN)Cc1nc(CSC2CCCCC2)no1. The van der Waals surface area contributed by atoms with E-state index in [9.17, 15) is 0 Å². The summed E-state index contributed by atoms with van der Waals surface area (Å²) in [5.41, 5.74) is 5.58. The van der Waals surface area contributed by atoms with Gasteiger partial charge in [0.15, 0.2) is 5.82 Å². The van der Waals surface area contributed by atoms with E-state index in [-0.39, 0.29) is 6.10 Å². The minimum atomic E-state index is -0.0423. The molecule has 1 heterocycles. The molecule has 1 aromatic heterocycles. The predicted octanol–water partition coefficient (Wildman–Crippen LogP) is 2.15. The van der Waals surface area contributed by atoms with Gasteiger partial charge in [-0.05, 0) is 12.8 Å². The molecule has 0 radical (unpaired) electrons. The molecule has 0 amide bonds. The third-order valence-corrected chi connectivity index (χ3v) is 4.88. The molecule has 1 atom stereocenters. The molecule has 1 aliphatic carbocycles. The number of nitrogens with zero attached hydrogens (tertiary/aromatic N) is 2. The molecule has 108 valence electrons. The zero-order chi connectivity index (χ0) is 13.5. The van der Waals surface area contributed by atoms with Crippen molar-refractivity contribution in [2.24, 2.45) is 5.73 Å². The number of thioether (sulfide) groups is 1. The summed E-state index contributed by atoms with van der Waals surface area (Å²) in [5, 5.41) is 4.79. The molecule has 0 aliphatic heterocycles. The predicted molar refractivity (Wildman–Crippen MR) is 76.0 cm³/mol. The maximum absolute atomic E-state index is 5.58. The standard InChI is InChI=1S/C13H23N3O2S/c1-17-10(8-14)7-13-15-12(16-18-13)9-19-11-5-3-2-4-6-11/h10-11H,2-9,14H2,1H3. The highest BCUT2D eigenvalue weighted by molar-refractivity contribution is 7.99. The van der Waals surface area contributed by atoms with Crippen LogP contribution in [0.3, 0.4) is 0 Å². The first kappa shape index (κ1) is 14.8. The van der Waals surface area contributed by atoms with Gasteiger partial charge < -0.3 is 15.0 Å². The fourth-order valence-electron chi connectivity index (χ4n) is 2.31. The smallest absolute Gasteiger partial charge is 0.229 e. The first-order valence-corrected chi connectivity index (χ1v) is 8.02. The first-order chi connectivity index (χ1) is 9.31. The van der Waals surface area contributed by atoms with Gasteiger partial charge in [-0.1, -0.05) is 24.4 Å². The molecule has 1 unspecified atom stereocenters. The van der Waals surface area contributed by atoms with Gasteiger partial charge in [0.1, 0.15) is 0 Å². The van der Waals surface area contributed by atoms with Crippen LogP contribution in [0.1, 0.15) is 43.8 Å². The number of ether oxygens (including phenoxy) is 1.